The zero-order valence-corrected chi connectivity index (χ0v) is 9.00. The molecule has 0 aliphatic heterocycles. The van der Waals surface area contributed by atoms with Crippen molar-refractivity contribution in [3.63, 3.8) is 0 Å². The van der Waals surface area contributed by atoms with Crippen LogP contribution in [0.3, 0.4) is 0 Å². The van der Waals surface area contributed by atoms with Crippen molar-refractivity contribution in [3.8, 4) is 5.75 Å². The maximum atomic E-state index is 9.34. The molecule has 0 unspecified atom stereocenters. The molecule has 1 aromatic carbocycles. The third-order valence-electron chi connectivity index (χ3n) is 2.36. The van der Waals surface area contributed by atoms with Gasteiger partial charge < -0.3 is 15.4 Å². The molecule has 3 N–H and O–H groups in total. The van der Waals surface area contributed by atoms with Crippen molar-refractivity contribution < 1.29 is 5.11 Å². The smallest absolute Gasteiger partial charge is 0.115 e. The van der Waals surface area contributed by atoms with E-state index in [0.717, 1.165) is 17.7 Å². The summed E-state index contributed by atoms with van der Waals surface area (Å²) in [6.45, 7) is 1.33. The van der Waals surface area contributed by atoms with Gasteiger partial charge in [-0.15, -0.1) is 0 Å². The van der Waals surface area contributed by atoms with E-state index in [1.807, 2.05) is 22.9 Å². The van der Waals surface area contributed by atoms with Crippen LogP contribution in [-0.4, -0.2) is 21.2 Å². The molecule has 0 saturated carbocycles. The Balaban J connectivity index is 2.08. The SMILES string of the molecule is NCCc1cn(Cc2cccc(O)c2)cn1. The van der Waals surface area contributed by atoms with Gasteiger partial charge in [-0.3, -0.25) is 0 Å². The minimum atomic E-state index is 0.291. The number of phenols is 1. The second-order valence-corrected chi connectivity index (χ2v) is 3.75. The molecule has 0 spiro atoms. The Kier molecular flexibility index (Phi) is 3.22. The quantitative estimate of drug-likeness (QED) is 0.807. The number of imidazole rings is 1. The summed E-state index contributed by atoms with van der Waals surface area (Å²) < 4.78 is 1.99. The average Bonchev–Trinajstić information content (AvgIpc) is 2.66. The summed E-state index contributed by atoms with van der Waals surface area (Å²) in [6.07, 6.45) is 4.57. The van der Waals surface area contributed by atoms with Gasteiger partial charge in [-0.05, 0) is 24.2 Å². The van der Waals surface area contributed by atoms with Crippen molar-refractivity contribution in [2.24, 2.45) is 5.73 Å². The van der Waals surface area contributed by atoms with Crippen LogP contribution in [0.4, 0.5) is 0 Å². The molecule has 0 atom stereocenters. The Morgan fingerprint density at radius 2 is 2.25 bits per heavy atom. The van der Waals surface area contributed by atoms with Crippen LogP contribution < -0.4 is 5.73 Å². The highest BCUT2D eigenvalue weighted by Gasteiger charge is 1.99. The van der Waals surface area contributed by atoms with Crippen LogP contribution in [0.25, 0.3) is 0 Å². The number of hydrogen-bond donors (Lipinski definition) is 2. The van der Waals surface area contributed by atoms with Crippen LogP contribution in [0.2, 0.25) is 0 Å². The van der Waals surface area contributed by atoms with Crippen molar-refractivity contribution in [2.45, 2.75) is 13.0 Å². The minimum Gasteiger partial charge on any atom is -0.508 e. The molecule has 1 heterocycles. The highest BCUT2D eigenvalue weighted by molar-refractivity contribution is 5.27. The molecule has 4 nitrogen and oxygen atoms in total. The van der Waals surface area contributed by atoms with Gasteiger partial charge in [-0.2, -0.15) is 0 Å². The fourth-order valence-electron chi connectivity index (χ4n) is 1.64. The number of rotatable bonds is 4. The molecule has 0 fully saturated rings. The van der Waals surface area contributed by atoms with E-state index in [9.17, 15) is 5.11 Å². The monoisotopic (exact) mass is 217 g/mol. The number of nitrogens with zero attached hydrogens (tertiary/aromatic N) is 2. The zero-order chi connectivity index (χ0) is 11.4. The van der Waals surface area contributed by atoms with Crippen molar-refractivity contribution >= 4 is 0 Å². The summed E-state index contributed by atoms with van der Waals surface area (Å²) in [5.74, 6) is 0.291. The molecular weight excluding hydrogens is 202 g/mol. The first-order chi connectivity index (χ1) is 7.78. The normalized spacial score (nSPS) is 10.6. The Labute approximate surface area is 94.4 Å². The van der Waals surface area contributed by atoms with Gasteiger partial charge in [-0.1, -0.05) is 12.1 Å². The molecule has 1 aromatic heterocycles. The first-order valence-electron chi connectivity index (χ1n) is 5.26. The molecular formula is C12H15N3O. The average molecular weight is 217 g/mol. The molecule has 0 bridgehead atoms. The van der Waals surface area contributed by atoms with Crippen molar-refractivity contribution in [3.05, 3.63) is 48.0 Å². The lowest BCUT2D eigenvalue weighted by atomic mass is 10.2. The Morgan fingerprint density at radius 1 is 1.38 bits per heavy atom. The first kappa shape index (κ1) is 10.7. The number of aromatic nitrogens is 2. The van der Waals surface area contributed by atoms with E-state index in [0.29, 0.717) is 18.8 Å². The second-order valence-electron chi connectivity index (χ2n) is 3.75. The summed E-state index contributed by atoms with van der Waals surface area (Å²) in [4.78, 5) is 4.24. The lowest BCUT2D eigenvalue weighted by Crippen LogP contribution is -2.02. The summed E-state index contributed by atoms with van der Waals surface area (Å²) in [5.41, 5.74) is 7.51. The molecule has 0 amide bonds. The summed E-state index contributed by atoms with van der Waals surface area (Å²) in [5, 5.41) is 9.34. The molecule has 0 aliphatic carbocycles. The van der Waals surface area contributed by atoms with Gasteiger partial charge in [0.15, 0.2) is 0 Å². The van der Waals surface area contributed by atoms with Gasteiger partial charge in [0.05, 0.1) is 12.0 Å². The zero-order valence-electron chi connectivity index (χ0n) is 9.00. The third-order valence-corrected chi connectivity index (χ3v) is 2.36. The molecule has 0 aliphatic rings. The van der Waals surface area contributed by atoms with Crippen LogP contribution in [0, 0.1) is 0 Å². The minimum absolute atomic E-state index is 0.291. The predicted octanol–water partition coefficient (Wildman–Crippen LogP) is 1.14. The number of nitrogens with two attached hydrogens (primary N) is 1. The molecule has 84 valence electrons. The van der Waals surface area contributed by atoms with Gasteiger partial charge in [0, 0.05) is 19.2 Å². The highest BCUT2D eigenvalue weighted by atomic mass is 16.3. The Hall–Kier alpha value is -1.81. The van der Waals surface area contributed by atoms with E-state index < -0.39 is 0 Å². The molecule has 0 radical (unpaired) electrons. The van der Waals surface area contributed by atoms with E-state index >= 15 is 0 Å². The number of benzene rings is 1. The molecule has 0 saturated heterocycles. The fourth-order valence-corrected chi connectivity index (χ4v) is 1.64. The number of phenolic OH excluding ortho intramolecular Hbond substituents is 1. The molecule has 4 heteroatoms. The molecule has 16 heavy (non-hydrogen) atoms. The lowest BCUT2D eigenvalue weighted by molar-refractivity contribution is 0.474. The van der Waals surface area contributed by atoms with Gasteiger partial charge in [-0.25, -0.2) is 4.98 Å². The van der Waals surface area contributed by atoms with Crippen LogP contribution in [0.1, 0.15) is 11.3 Å². The van der Waals surface area contributed by atoms with Crippen LogP contribution >= 0.6 is 0 Å². The van der Waals surface area contributed by atoms with E-state index in [1.54, 1.807) is 18.5 Å². The van der Waals surface area contributed by atoms with E-state index in [2.05, 4.69) is 4.98 Å². The largest absolute Gasteiger partial charge is 0.508 e. The van der Waals surface area contributed by atoms with E-state index in [4.69, 9.17) is 5.73 Å². The summed E-state index contributed by atoms with van der Waals surface area (Å²) in [6, 6.07) is 7.23. The standard InChI is InChI=1S/C12H15N3O/c13-5-4-11-8-15(9-14-11)7-10-2-1-3-12(16)6-10/h1-3,6,8-9,16H,4-5,7,13H2. The molecule has 2 rings (SSSR count). The summed E-state index contributed by atoms with van der Waals surface area (Å²) >= 11 is 0. The van der Waals surface area contributed by atoms with Crippen molar-refractivity contribution in [2.75, 3.05) is 6.54 Å². The lowest BCUT2D eigenvalue weighted by Gasteiger charge is -2.02. The van der Waals surface area contributed by atoms with Crippen molar-refractivity contribution in [1.29, 1.82) is 0 Å². The number of aromatic hydroxyl groups is 1. The maximum Gasteiger partial charge on any atom is 0.115 e. The van der Waals surface area contributed by atoms with Gasteiger partial charge in [0.1, 0.15) is 5.75 Å². The first-order valence-corrected chi connectivity index (χ1v) is 5.26. The number of hydrogen-bond acceptors (Lipinski definition) is 3. The van der Waals surface area contributed by atoms with E-state index in [1.165, 1.54) is 0 Å². The van der Waals surface area contributed by atoms with E-state index in [-0.39, 0.29) is 0 Å². The van der Waals surface area contributed by atoms with Crippen LogP contribution in [0.15, 0.2) is 36.8 Å². The molecule has 2 aromatic rings. The topological polar surface area (TPSA) is 64.1 Å². The van der Waals surface area contributed by atoms with Crippen LogP contribution in [-0.2, 0) is 13.0 Å². The highest BCUT2D eigenvalue weighted by Crippen LogP contribution is 2.12. The second kappa shape index (κ2) is 4.81. The maximum absolute atomic E-state index is 9.34. The van der Waals surface area contributed by atoms with Crippen LogP contribution in [0.5, 0.6) is 5.75 Å². The fraction of sp³-hybridized carbons (Fsp3) is 0.250. The van der Waals surface area contributed by atoms with Gasteiger partial charge >= 0.3 is 0 Å². The van der Waals surface area contributed by atoms with Crippen molar-refractivity contribution in [1.82, 2.24) is 9.55 Å². The van der Waals surface area contributed by atoms with Gasteiger partial charge in [0.25, 0.3) is 0 Å². The third kappa shape index (κ3) is 2.61. The van der Waals surface area contributed by atoms with Gasteiger partial charge in [0.2, 0.25) is 0 Å². The Bertz CT molecular complexity index is 465. The summed E-state index contributed by atoms with van der Waals surface area (Å²) in [7, 11) is 0. The predicted molar refractivity (Wildman–Crippen MR) is 62.2 cm³/mol. The Morgan fingerprint density at radius 3 is 3.00 bits per heavy atom.